The molecule has 0 bridgehead atoms. The summed E-state index contributed by atoms with van der Waals surface area (Å²) in [6.45, 7) is 1.85. The van der Waals surface area contributed by atoms with Crippen LogP contribution in [0.3, 0.4) is 0 Å². The summed E-state index contributed by atoms with van der Waals surface area (Å²) in [4.78, 5) is 14.7. The Hall–Kier alpha value is -1.92. The number of aromatic nitrogens is 2. The minimum Gasteiger partial charge on any atom is -0.323 e. The van der Waals surface area contributed by atoms with Crippen LogP contribution in [0.4, 0.5) is 5.69 Å². The number of nitrogens with zero attached hydrogens (tertiary/aromatic N) is 4. The van der Waals surface area contributed by atoms with E-state index in [-0.39, 0.29) is 17.3 Å². The Morgan fingerprint density at radius 3 is 2.62 bits per heavy atom. The van der Waals surface area contributed by atoms with Crippen LogP contribution in [-0.2, 0) is 14.8 Å². The van der Waals surface area contributed by atoms with Crippen molar-refractivity contribution < 1.29 is 13.2 Å². The molecular formula is C18H18BrN5O3S2. The van der Waals surface area contributed by atoms with Gasteiger partial charge >= 0.3 is 0 Å². The molecule has 8 nitrogen and oxygen atoms in total. The number of nitrogens with one attached hydrogen (secondary N) is 1. The molecule has 1 saturated heterocycles. The van der Waals surface area contributed by atoms with Gasteiger partial charge in [0.2, 0.25) is 15.9 Å². The highest BCUT2D eigenvalue weighted by Crippen LogP contribution is 2.22. The van der Waals surface area contributed by atoms with Crippen LogP contribution < -0.4 is 5.32 Å². The Morgan fingerprint density at radius 2 is 1.86 bits per heavy atom. The maximum Gasteiger partial charge on any atom is 0.243 e. The average Bonchev–Trinajstić information content (AvgIpc) is 3.18. The van der Waals surface area contributed by atoms with E-state index < -0.39 is 10.0 Å². The van der Waals surface area contributed by atoms with Crippen molar-refractivity contribution in [3.63, 3.8) is 0 Å². The second-order valence-electron chi connectivity index (χ2n) is 6.62. The molecule has 1 N–H and O–H groups in total. The van der Waals surface area contributed by atoms with E-state index in [2.05, 4.69) is 30.0 Å². The Balaban J connectivity index is 1.35. The van der Waals surface area contributed by atoms with Crippen molar-refractivity contribution in [3.8, 4) is 0 Å². The van der Waals surface area contributed by atoms with E-state index in [1.165, 1.54) is 4.31 Å². The van der Waals surface area contributed by atoms with E-state index in [9.17, 15) is 13.2 Å². The Bertz CT molecular complexity index is 1140. The van der Waals surface area contributed by atoms with Crippen molar-refractivity contribution in [3.05, 3.63) is 46.9 Å². The van der Waals surface area contributed by atoms with Gasteiger partial charge in [-0.05, 0) is 30.3 Å². The number of rotatable bonds is 5. The second kappa shape index (κ2) is 8.44. The summed E-state index contributed by atoms with van der Waals surface area (Å²) in [7, 11) is -3.54. The molecule has 1 amide bonds. The number of carbonyl (C=O) groups is 1. The average molecular weight is 496 g/mol. The third-order valence-corrected chi connectivity index (χ3v) is 7.62. The van der Waals surface area contributed by atoms with Crippen molar-refractivity contribution >= 4 is 60.3 Å². The lowest BCUT2D eigenvalue weighted by molar-refractivity contribution is -0.117. The van der Waals surface area contributed by atoms with Crippen molar-refractivity contribution in [1.82, 2.24) is 18.0 Å². The van der Waals surface area contributed by atoms with Gasteiger partial charge in [0, 0.05) is 30.7 Å². The van der Waals surface area contributed by atoms with Gasteiger partial charge in [-0.1, -0.05) is 28.1 Å². The van der Waals surface area contributed by atoms with Crippen LogP contribution in [0.25, 0.3) is 11.0 Å². The molecule has 2 aromatic carbocycles. The fourth-order valence-electron chi connectivity index (χ4n) is 3.20. The molecule has 152 valence electrons. The molecule has 0 radical (unpaired) electrons. The van der Waals surface area contributed by atoms with Crippen LogP contribution in [0.5, 0.6) is 0 Å². The minimum atomic E-state index is -3.54. The predicted molar refractivity (Wildman–Crippen MR) is 115 cm³/mol. The first-order chi connectivity index (χ1) is 13.9. The van der Waals surface area contributed by atoms with Crippen molar-refractivity contribution in [1.29, 1.82) is 0 Å². The van der Waals surface area contributed by atoms with Gasteiger partial charge in [-0.15, -0.1) is 0 Å². The first kappa shape index (κ1) is 20.4. The Morgan fingerprint density at radius 1 is 1.10 bits per heavy atom. The van der Waals surface area contributed by atoms with E-state index in [4.69, 9.17) is 0 Å². The number of benzene rings is 2. The summed E-state index contributed by atoms with van der Waals surface area (Å²) in [6.07, 6.45) is 0. The van der Waals surface area contributed by atoms with Crippen LogP contribution in [0, 0.1) is 0 Å². The van der Waals surface area contributed by atoms with Gasteiger partial charge in [0.15, 0.2) is 0 Å². The number of fused-ring (bicyclic) bond motifs is 1. The molecular weight excluding hydrogens is 478 g/mol. The summed E-state index contributed by atoms with van der Waals surface area (Å²) in [6, 6.07) is 12.2. The zero-order valence-electron chi connectivity index (χ0n) is 15.3. The molecule has 4 rings (SSSR count). The van der Waals surface area contributed by atoms with Gasteiger partial charge in [0.25, 0.3) is 0 Å². The van der Waals surface area contributed by atoms with Crippen LogP contribution in [-0.4, -0.2) is 65.0 Å². The molecule has 11 heteroatoms. The molecule has 1 aliphatic heterocycles. The number of sulfonamides is 1. The normalized spacial score (nSPS) is 16.2. The van der Waals surface area contributed by atoms with Gasteiger partial charge in [-0.3, -0.25) is 9.69 Å². The lowest BCUT2D eigenvalue weighted by atomic mass is 10.2. The quantitative estimate of drug-likeness (QED) is 0.583. The Kier molecular flexibility index (Phi) is 5.93. The number of anilines is 1. The number of amides is 1. The topological polar surface area (TPSA) is 95.5 Å². The lowest BCUT2D eigenvalue weighted by Gasteiger charge is -2.33. The van der Waals surface area contributed by atoms with E-state index in [1.807, 2.05) is 17.0 Å². The van der Waals surface area contributed by atoms with Crippen LogP contribution in [0.2, 0.25) is 0 Å². The molecule has 0 unspecified atom stereocenters. The molecule has 0 spiro atoms. The predicted octanol–water partition coefficient (Wildman–Crippen LogP) is 2.40. The van der Waals surface area contributed by atoms with Crippen LogP contribution in [0.15, 0.2) is 51.8 Å². The van der Waals surface area contributed by atoms with E-state index in [0.29, 0.717) is 37.4 Å². The van der Waals surface area contributed by atoms with Crippen molar-refractivity contribution in [2.24, 2.45) is 0 Å². The highest BCUT2D eigenvalue weighted by molar-refractivity contribution is 9.10. The third-order valence-electron chi connectivity index (χ3n) is 4.69. The number of hydrogen-bond donors (Lipinski definition) is 1. The van der Waals surface area contributed by atoms with Crippen LogP contribution in [0.1, 0.15) is 0 Å². The van der Waals surface area contributed by atoms with Gasteiger partial charge in [0.05, 0.1) is 28.9 Å². The van der Waals surface area contributed by atoms with E-state index >= 15 is 0 Å². The molecule has 1 aromatic heterocycles. The SMILES string of the molecule is O=C(CN1CCN(S(=O)(=O)c2cccc(Br)c2)CC1)Nc1cccc2nsnc12. The number of halogens is 1. The van der Waals surface area contributed by atoms with E-state index in [0.717, 1.165) is 21.7 Å². The van der Waals surface area contributed by atoms with Gasteiger partial charge in [-0.2, -0.15) is 13.1 Å². The standard InChI is InChI=1S/C18H18BrN5O3S2/c19-13-3-1-4-14(11-13)29(26,27)24-9-7-23(8-10-24)12-17(25)20-15-5-2-6-16-18(15)22-28-21-16/h1-6,11H,7-10,12H2,(H,20,25). The maximum atomic E-state index is 12.8. The first-order valence-electron chi connectivity index (χ1n) is 8.93. The third kappa shape index (κ3) is 4.48. The van der Waals surface area contributed by atoms with Gasteiger partial charge in [-0.25, -0.2) is 8.42 Å². The molecule has 1 aliphatic rings. The fourth-order valence-corrected chi connectivity index (χ4v) is 5.77. The zero-order chi connectivity index (χ0) is 20.4. The number of hydrogen-bond acceptors (Lipinski definition) is 7. The lowest BCUT2D eigenvalue weighted by Crippen LogP contribution is -2.50. The molecule has 0 saturated carbocycles. The molecule has 3 aromatic rings. The summed E-state index contributed by atoms with van der Waals surface area (Å²) < 4.78 is 36.2. The smallest absolute Gasteiger partial charge is 0.243 e. The number of carbonyl (C=O) groups excluding carboxylic acids is 1. The van der Waals surface area contributed by atoms with Crippen molar-refractivity contribution in [2.75, 3.05) is 38.0 Å². The summed E-state index contributed by atoms with van der Waals surface area (Å²) in [5, 5.41) is 2.88. The molecule has 0 aliphatic carbocycles. The highest BCUT2D eigenvalue weighted by Gasteiger charge is 2.29. The summed E-state index contributed by atoms with van der Waals surface area (Å²) in [5.41, 5.74) is 2.06. The monoisotopic (exact) mass is 495 g/mol. The zero-order valence-corrected chi connectivity index (χ0v) is 18.5. The largest absolute Gasteiger partial charge is 0.323 e. The summed E-state index contributed by atoms with van der Waals surface area (Å²) >= 11 is 4.42. The first-order valence-corrected chi connectivity index (χ1v) is 11.9. The van der Waals surface area contributed by atoms with E-state index in [1.54, 1.807) is 30.3 Å². The maximum absolute atomic E-state index is 12.8. The van der Waals surface area contributed by atoms with Gasteiger partial charge < -0.3 is 5.32 Å². The van der Waals surface area contributed by atoms with Gasteiger partial charge in [0.1, 0.15) is 11.0 Å². The summed E-state index contributed by atoms with van der Waals surface area (Å²) in [5.74, 6) is -0.159. The molecule has 1 fully saturated rings. The molecule has 2 heterocycles. The molecule has 0 atom stereocenters. The van der Waals surface area contributed by atoms with Crippen LogP contribution >= 0.6 is 27.7 Å². The Labute approximate surface area is 181 Å². The fraction of sp³-hybridized carbons (Fsp3) is 0.278. The minimum absolute atomic E-state index is 0.159. The second-order valence-corrected chi connectivity index (χ2v) is 10.0. The highest BCUT2D eigenvalue weighted by atomic mass is 79.9. The number of piperazine rings is 1. The molecule has 29 heavy (non-hydrogen) atoms. The van der Waals surface area contributed by atoms with Crippen molar-refractivity contribution in [2.45, 2.75) is 4.90 Å².